The highest BCUT2D eigenvalue weighted by Gasteiger charge is 2.19. The Labute approximate surface area is 97.4 Å². The molecular formula is C11H12FNO4. The second-order valence-electron chi connectivity index (χ2n) is 3.40. The Morgan fingerprint density at radius 3 is 2.65 bits per heavy atom. The molecule has 0 aliphatic rings. The van der Waals surface area contributed by atoms with Crippen LogP contribution in [-0.4, -0.2) is 42.6 Å². The molecule has 0 saturated heterocycles. The molecule has 0 atom stereocenters. The third-order valence-corrected chi connectivity index (χ3v) is 2.11. The van der Waals surface area contributed by atoms with Crippen molar-refractivity contribution in [1.29, 1.82) is 0 Å². The third kappa shape index (κ3) is 3.17. The van der Waals surface area contributed by atoms with E-state index in [4.69, 9.17) is 9.84 Å². The molecular weight excluding hydrogens is 229 g/mol. The summed E-state index contributed by atoms with van der Waals surface area (Å²) in [5.74, 6) is -2.13. The van der Waals surface area contributed by atoms with Crippen molar-refractivity contribution in [3.8, 4) is 5.75 Å². The van der Waals surface area contributed by atoms with Crippen LogP contribution in [0.2, 0.25) is 0 Å². The molecule has 0 radical (unpaired) electrons. The second kappa shape index (κ2) is 5.29. The van der Waals surface area contributed by atoms with Gasteiger partial charge in [-0.2, -0.15) is 0 Å². The van der Waals surface area contributed by atoms with Crippen molar-refractivity contribution >= 4 is 11.9 Å². The van der Waals surface area contributed by atoms with Gasteiger partial charge < -0.3 is 14.7 Å². The molecule has 6 heteroatoms. The fraction of sp³-hybridized carbons (Fsp3) is 0.273. The van der Waals surface area contributed by atoms with Crippen LogP contribution in [-0.2, 0) is 4.79 Å². The highest BCUT2D eigenvalue weighted by atomic mass is 19.1. The van der Waals surface area contributed by atoms with Gasteiger partial charge in [0, 0.05) is 7.05 Å². The SMILES string of the molecule is COc1ccc(F)cc1C(=O)N(C)CC(=O)O. The summed E-state index contributed by atoms with van der Waals surface area (Å²) in [4.78, 5) is 23.3. The van der Waals surface area contributed by atoms with E-state index in [-0.39, 0.29) is 11.3 Å². The molecule has 5 nitrogen and oxygen atoms in total. The number of likely N-dealkylation sites (N-methyl/N-ethyl adjacent to an activating group) is 1. The first kappa shape index (κ1) is 13.0. The number of carboxylic acids is 1. The average molecular weight is 241 g/mol. The Kier molecular flexibility index (Phi) is 4.03. The summed E-state index contributed by atoms with van der Waals surface area (Å²) in [6, 6.07) is 3.49. The Hall–Kier alpha value is -2.11. The first-order chi connectivity index (χ1) is 7.95. The lowest BCUT2D eigenvalue weighted by Gasteiger charge is -2.16. The van der Waals surface area contributed by atoms with Crippen LogP contribution < -0.4 is 4.74 Å². The van der Waals surface area contributed by atoms with Crippen LogP contribution in [0.5, 0.6) is 5.75 Å². The van der Waals surface area contributed by atoms with Gasteiger partial charge in [-0.3, -0.25) is 9.59 Å². The molecule has 1 N–H and O–H groups in total. The van der Waals surface area contributed by atoms with E-state index in [1.807, 2.05) is 0 Å². The summed E-state index contributed by atoms with van der Waals surface area (Å²) in [6.07, 6.45) is 0. The summed E-state index contributed by atoms with van der Waals surface area (Å²) in [5.41, 5.74) is -0.00347. The molecule has 0 heterocycles. The maximum absolute atomic E-state index is 13.0. The normalized spacial score (nSPS) is 9.82. The predicted molar refractivity (Wildman–Crippen MR) is 57.5 cm³/mol. The summed E-state index contributed by atoms with van der Waals surface area (Å²) >= 11 is 0. The van der Waals surface area contributed by atoms with Gasteiger partial charge in [0.25, 0.3) is 5.91 Å². The third-order valence-electron chi connectivity index (χ3n) is 2.11. The highest BCUT2D eigenvalue weighted by Crippen LogP contribution is 2.20. The monoisotopic (exact) mass is 241 g/mol. The lowest BCUT2D eigenvalue weighted by Crippen LogP contribution is -2.32. The smallest absolute Gasteiger partial charge is 0.323 e. The first-order valence-corrected chi connectivity index (χ1v) is 4.76. The lowest BCUT2D eigenvalue weighted by atomic mass is 10.1. The standard InChI is InChI=1S/C11H12FNO4/c1-13(6-10(14)15)11(16)8-5-7(12)3-4-9(8)17-2/h3-5H,6H2,1-2H3,(H,14,15). The van der Waals surface area contributed by atoms with Crippen LogP contribution >= 0.6 is 0 Å². The molecule has 0 aliphatic carbocycles. The number of benzene rings is 1. The molecule has 0 bridgehead atoms. The maximum Gasteiger partial charge on any atom is 0.323 e. The Morgan fingerprint density at radius 2 is 2.12 bits per heavy atom. The fourth-order valence-electron chi connectivity index (χ4n) is 1.33. The van der Waals surface area contributed by atoms with Crippen LogP contribution in [0.15, 0.2) is 18.2 Å². The Balaban J connectivity index is 3.02. The van der Waals surface area contributed by atoms with Gasteiger partial charge in [0.05, 0.1) is 12.7 Å². The van der Waals surface area contributed by atoms with Gasteiger partial charge in [-0.1, -0.05) is 0 Å². The maximum atomic E-state index is 13.0. The van der Waals surface area contributed by atoms with Crippen molar-refractivity contribution in [1.82, 2.24) is 4.90 Å². The van der Waals surface area contributed by atoms with Crippen LogP contribution in [0.4, 0.5) is 4.39 Å². The van der Waals surface area contributed by atoms with E-state index in [2.05, 4.69) is 0 Å². The molecule has 0 unspecified atom stereocenters. The second-order valence-corrected chi connectivity index (χ2v) is 3.40. The minimum absolute atomic E-state index is 0.00347. The van der Waals surface area contributed by atoms with Crippen LogP contribution in [0.1, 0.15) is 10.4 Å². The van der Waals surface area contributed by atoms with Gasteiger partial charge in [-0.25, -0.2) is 4.39 Å². The zero-order chi connectivity index (χ0) is 13.0. The van der Waals surface area contributed by atoms with Crippen molar-refractivity contribution in [2.24, 2.45) is 0 Å². The molecule has 0 saturated carbocycles. The van der Waals surface area contributed by atoms with Gasteiger partial charge >= 0.3 is 5.97 Å². The first-order valence-electron chi connectivity index (χ1n) is 4.76. The largest absolute Gasteiger partial charge is 0.496 e. The van der Waals surface area contributed by atoms with E-state index in [0.717, 1.165) is 17.0 Å². The van der Waals surface area contributed by atoms with Crippen molar-refractivity contribution in [3.63, 3.8) is 0 Å². The van der Waals surface area contributed by atoms with Gasteiger partial charge in [0.1, 0.15) is 18.1 Å². The van der Waals surface area contributed by atoms with Gasteiger partial charge in [-0.15, -0.1) is 0 Å². The van der Waals surface area contributed by atoms with E-state index >= 15 is 0 Å². The van der Waals surface area contributed by atoms with Gasteiger partial charge in [0.15, 0.2) is 0 Å². The zero-order valence-electron chi connectivity index (χ0n) is 9.44. The molecule has 0 spiro atoms. The highest BCUT2D eigenvalue weighted by molar-refractivity contribution is 5.98. The van der Waals surface area contributed by atoms with Crippen molar-refractivity contribution in [3.05, 3.63) is 29.6 Å². The fourth-order valence-corrected chi connectivity index (χ4v) is 1.33. The zero-order valence-corrected chi connectivity index (χ0v) is 9.44. The summed E-state index contributed by atoms with van der Waals surface area (Å²) < 4.78 is 17.9. The number of aliphatic carboxylic acids is 1. The quantitative estimate of drug-likeness (QED) is 0.853. The molecule has 0 fully saturated rings. The van der Waals surface area contributed by atoms with Crippen molar-refractivity contribution < 1.29 is 23.8 Å². The molecule has 1 amide bonds. The number of hydrogen-bond donors (Lipinski definition) is 1. The number of amides is 1. The van der Waals surface area contributed by atoms with Crippen LogP contribution in [0.3, 0.4) is 0 Å². The number of rotatable bonds is 4. The van der Waals surface area contributed by atoms with E-state index in [9.17, 15) is 14.0 Å². The predicted octanol–water partition coefficient (Wildman–Crippen LogP) is 0.991. The molecule has 1 aromatic carbocycles. The number of ether oxygens (including phenoxy) is 1. The minimum Gasteiger partial charge on any atom is -0.496 e. The number of nitrogens with zero attached hydrogens (tertiary/aromatic N) is 1. The molecule has 1 aromatic rings. The number of methoxy groups -OCH3 is 1. The molecule has 17 heavy (non-hydrogen) atoms. The molecule has 0 aromatic heterocycles. The van der Waals surface area contributed by atoms with Crippen molar-refractivity contribution in [2.45, 2.75) is 0 Å². The Bertz CT molecular complexity index is 447. The van der Waals surface area contributed by atoms with Crippen LogP contribution in [0, 0.1) is 5.82 Å². The minimum atomic E-state index is -1.14. The number of hydrogen-bond acceptors (Lipinski definition) is 3. The molecule has 92 valence electrons. The average Bonchev–Trinajstić information content (AvgIpc) is 2.27. The van der Waals surface area contributed by atoms with Crippen LogP contribution in [0.25, 0.3) is 0 Å². The summed E-state index contributed by atoms with van der Waals surface area (Å²) in [7, 11) is 2.67. The van der Waals surface area contributed by atoms with Gasteiger partial charge in [-0.05, 0) is 18.2 Å². The van der Waals surface area contributed by atoms with Crippen molar-refractivity contribution in [2.75, 3.05) is 20.7 Å². The number of carbonyl (C=O) groups is 2. The Morgan fingerprint density at radius 1 is 1.47 bits per heavy atom. The number of carbonyl (C=O) groups excluding carboxylic acids is 1. The van der Waals surface area contributed by atoms with E-state index in [1.54, 1.807) is 0 Å². The number of halogens is 1. The summed E-state index contributed by atoms with van der Waals surface area (Å²) in [6.45, 7) is -0.460. The van der Waals surface area contributed by atoms with E-state index < -0.39 is 24.2 Å². The lowest BCUT2D eigenvalue weighted by molar-refractivity contribution is -0.137. The molecule has 1 rings (SSSR count). The van der Waals surface area contributed by atoms with Gasteiger partial charge in [0.2, 0.25) is 0 Å². The topological polar surface area (TPSA) is 66.8 Å². The van der Waals surface area contributed by atoms with E-state index in [1.165, 1.54) is 20.2 Å². The number of carboxylic acid groups (broad SMARTS) is 1. The summed E-state index contributed by atoms with van der Waals surface area (Å²) in [5, 5.41) is 8.56. The van der Waals surface area contributed by atoms with E-state index in [0.29, 0.717) is 0 Å². The molecule has 0 aliphatic heterocycles.